The molecule has 0 aromatic carbocycles. The summed E-state index contributed by atoms with van der Waals surface area (Å²) >= 11 is 0. The fourth-order valence-electron chi connectivity index (χ4n) is 12.2. The molecule has 0 bridgehead atoms. The second-order valence-electron chi connectivity index (χ2n) is 29.8. The third kappa shape index (κ3) is 71.5. The van der Waals surface area contributed by atoms with Gasteiger partial charge in [0.25, 0.3) is 0 Å². The van der Waals surface area contributed by atoms with Crippen LogP contribution in [0.3, 0.4) is 0 Å². The summed E-state index contributed by atoms with van der Waals surface area (Å²) in [6.07, 6.45) is 58.1. The van der Waals surface area contributed by atoms with Crippen LogP contribution in [0.5, 0.6) is 0 Å². The van der Waals surface area contributed by atoms with E-state index >= 15 is 0 Å². The summed E-state index contributed by atoms with van der Waals surface area (Å²) in [6, 6.07) is 0. The molecule has 588 valence electrons. The number of unbranched alkanes of at least 4 members (excludes halogenated alkanes) is 44. The molecule has 0 aromatic rings. The lowest BCUT2D eigenvalue weighted by Crippen LogP contribution is -2.30. The molecule has 99 heavy (non-hydrogen) atoms. The van der Waals surface area contributed by atoms with Crippen LogP contribution in [0.2, 0.25) is 0 Å². The number of carbonyl (C=O) groups is 4. The molecule has 0 aromatic heterocycles. The number of phosphoric ester groups is 2. The lowest BCUT2D eigenvalue weighted by atomic mass is 9.99. The zero-order valence-electron chi connectivity index (χ0n) is 65.0. The molecule has 0 aliphatic heterocycles. The van der Waals surface area contributed by atoms with Crippen LogP contribution in [0, 0.1) is 17.8 Å². The highest BCUT2D eigenvalue weighted by atomic mass is 31.2. The maximum absolute atomic E-state index is 13.1. The smallest absolute Gasteiger partial charge is 0.462 e. The summed E-state index contributed by atoms with van der Waals surface area (Å²) in [6.45, 7) is 12.0. The quantitative estimate of drug-likeness (QED) is 0.0222. The lowest BCUT2D eigenvalue weighted by Gasteiger charge is -2.21. The molecule has 0 aliphatic carbocycles. The Kier molecular flexibility index (Phi) is 69.0. The minimum Gasteiger partial charge on any atom is -0.462 e. The van der Waals surface area contributed by atoms with E-state index in [2.05, 4.69) is 48.5 Å². The van der Waals surface area contributed by atoms with Crippen LogP contribution in [0.1, 0.15) is 414 Å². The van der Waals surface area contributed by atoms with E-state index in [4.69, 9.17) is 37.0 Å². The second-order valence-corrected chi connectivity index (χ2v) is 32.7. The van der Waals surface area contributed by atoms with Gasteiger partial charge in [-0.3, -0.25) is 37.3 Å². The highest BCUT2D eigenvalue weighted by molar-refractivity contribution is 7.47. The zero-order valence-corrected chi connectivity index (χ0v) is 66.8. The second kappa shape index (κ2) is 70.4. The lowest BCUT2D eigenvalue weighted by molar-refractivity contribution is -0.161. The summed E-state index contributed by atoms with van der Waals surface area (Å²) in [5.41, 5.74) is 0. The average Bonchev–Trinajstić information content (AvgIpc) is 1.20. The molecule has 0 spiro atoms. The Morgan fingerprint density at radius 1 is 0.293 bits per heavy atom. The monoisotopic (exact) mass is 1450 g/mol. The SMILES string of the molecule is CCCCCCCCCCCCCCCCCCCCCC(=O)O[C@H](COC(=O)CCCCCCCCCCCCCC(C)C)COP(=O)(O)OC[C@@H](O)COP(=O)(O)OC[C@@H](COC(=O)CCCCCCCCCCC(C)CC)OC(=O)CCCCCCCCCCCCC(C)CC. The topological polar surface area (TPSA) is 237 Å². The van der Waals surface area contributed by atoms with Gasteiger partial charge in [-0.1, -0.05) is 363 Å². The number of phosphoric acid groups is 2. The molecular formula is C80H156O17P2. The zero-order chi connectivity index (χ0) is 73.0. The molecule has 3 N–H and O–H groups in total. The molecule has 0 saturated carbocycles. The summed E-state index contributed by atoms with van der Waals surface area (Å²) in [5, 5.41) is 10.6. The predicted octanol–water partition coefficient (Wildman–Crippen LogP) is 23.7. The minimum absolute atomic E-state index is 0.106. The van der Waals surface area contributed by atoms with E-state index in [1.165, 1.54) is 225 Å². The highest BCUT2D eigenvalue weighted by Crippen LogP contribution is 2.45. The van der Waals surface area contributed by atoms with Crippen LogP contribution >= 0.6 is 15.6 Å². The molecule has 0 heterocycles. The van der Waals surface area contributed by atoms with Crippen LogP contribution in [-0.2, 0) is 65.4 Å². The van der Waals surface area contributed by atoms with Gasteiger partial charge in [0.15, 0.2) is 12.2 Å². The average molecular weight is 1450 g/mol. The molecule has 0 amide bonds. The summed E-state index contributed by atoms with van der Waals surface area (Å²) < 4.78 is 68.7. The fraction of sp³-hybridized carbons (Fsp3) is 0.950. The van der Waals surface area contributed by atoms with Crippen molar-refractivity contribution >= 4 is 39.5 Å². The van der Waals surface area contributed by atoms with Crippen molar-refractivity contribution < 1.29 is 80.2 Å². The maximum atomic E-state index is 13.1. The van der Waals surface area contributed by atoms with Gasteiger partial charge in [0, 0.05) is 25.7 Å². The normalized spacial score (nSPS) is 14.5. The van der Waals surface area contributed by atoms with Crippen molar-refractivity contribution in [2.24, 2.45) is 17.8 Å². The summed E-state index contributed by atoms with van der Waals surface area (Å²) in [7, 11) is -9.92. The highest BCUT2D eigenvalue weighted by Gasteiger charge is 2.30. The molecule has 0 fully saturated rings. The number of hydrogen-bond acceptors (Lipinski definition) is 15. The third-order valence-electron chi connectivity index (χ3n) is 19.4. The molecule has 17 nitrogen and oxygen atoms in total. The van der Waals surface area contributed by atoms with Gasteiger partial charge in [0.05, 0.1) is 26.4 Å². The molecule has 0 aliphatic rings. The van der Waals surface area contributed by atoms with Crippen LogP contribution in [0.25, 0.3) is 0 Å². The van der Waals surface area contributed by atoms with Crippen molar-refractivity contribution in [1.82, 2.24) is 0 Å². The Labute approximate surface area is 607 Å². The molecule has 0 radical (unpaired) electrons. The number of aliphatic hydroxyl groups excluding tert-OH is 1. The van der Waals surface area contributed by atoms with Crippen LogP contribution in [0.15, 0.2) is 0 Å². The molecule has 4 unspecified atom stereocenters. The first-order valence-corrected chi connectivity index (χ1v) is 44.4. The van der Waals surface area contributed by atoms with Gasteiger partial charge in [0.2, 0.25) is 0 Å². The maximum Gasteiger partial charge on any atom is 0.472 e. The Morgan fingerprint density at radius 3 is 0.768 bits per heavy atom. The van der Waals surface area contributed by atoms with Crippen molar-refractivity contribution in [1.29, 1.82) is 0 Å². The molecule has 0 saturated heterocycles. The van der Waals surface area contributed by atoms with E-state index < -0.39 is 97.5 Å². The number of hydrogen-bond donors (Lipinski definition) is 3. The van der Waals surface area contributed by atoms with E-state index in [0.29, 0.717) is 25.7 Å². The summed E-state index contributed by atoms with van der Waals surface area (Å²) in [5.74, 6) is 0.239. The number of rotatable bonds is 78. The fourth-order valence-corrected chi connectivity index (χ4v) is 13.8. The summed E-state index contributed by atoms with van der Waals surface area (Å²) in [4.78, 5) is 73.0. The first kappa shape index (κ1) is 97.1. The van der Waals surface area contributed by atoms with Crippen molar-refractivity contribution in [3.8, 4) is 0 Å². The number of aliphatic hydroxyl groups is 1. The van der Waals surface area contributed by atoms with E-state index in [-0.39, 0.29) is 25.7 Å². The van der Waals surface area contributed by atoms with E-state index in [1.807, 2.05) is 0 Å². The van der Waals surface area contributed by atoms with E-state index in [0.717, 1.165) is 108 Å². The van der Waals surface area contributed by atoms with Crippen LogP contribution < -0.4 is 0 Å². The minimum atomic E-state index is -4.96. The van der Waals surface area contributed by atoms with Crippen molar-refractivity contribution in [2.45, 2.75) is 433 Å². The first-order chi connectivity index (χ1) is 47.8. The Morgan fingerprint density at radius 2 is 0.515 bits per heavy atom. The Balaban J connectivity index is 5.26. The molecule has 0 rings (SSSR count). The first-order valence-electron chi connectivity index (χ1n) is 41.4. The van der Waals surface area contributed by atoms with Gasteiger partial charge in [-0.2, -0.15) is 0 Å². The van der Waals surface area contributed by atoms with Gasteiger partial charge >= 0.3 is 39.5 Å². The largest absolute Gasteiger partial charge is 0.472 e. The van der Waals surface area contributed by atoms with Gasteiger partial charge in [-0.15, -0.1) is 0 Å². The molecule has 19 heteroatoms. The van der Waals surface area contributed by atoms with Gasteiger partial charge in [-0.25, -0.2) is 9.13 Å². The van der Waals surface area contributed by atoms with Crippen LogP contribution in [0.4, 0.5) is 0 Å². The van der Waals surface area contributed by atoms with Crippen molar-refractivity contribution in [3.63, 3.8) is 0 Å². The van der Waals surface area contributed by atoms with Gasteiger partial charge in [-0.05, 0) is 43.4 Å². The van der Waals surface area contributed by atoms with Crippen molar-refractivity contribution in [3.05, 3.63) is 0 Å². The Hall–Kier alpha value is -1.94. The van der Waals surface area contributed by atoms with Gasteiger partial charge < -0.3 is 33.8 Å². The standard InChI is InChI=1S/C80H156O17P2/c1-8-11-12-13-14-15-16-17-18-19-20-21-22-23-26-33-42-49-56-63-79(84)96-75(67-90-77(82)61-54-47-40-32-27-24-25-30-37-44-51-58-71(4)5)69-94-98(86,87)92-65-74(81)66-93-99(88,89)95-70-76(68-91-78(83)62-55-48-41-36-35-39-46-53-60-73(7)10-3)97-80(85)64-57-50-43-34-29-28-31-38-45-52-59-72(6)9-2/h71-76,81H,8-70H2,1-7H3,(H,86,87)(H,88,89)/t72?,73?,74-,75-,76-/m1/s1. The van der Waals surface area contributed by atoms with Crippen molar-refractivity contribution in [2.75, 3.05) is 39.6 Å². The van der Waals surface area contributed by atoms with E-state index in [9.17, 15) is 43.2 Å². The van der Waals surface area contributed by atoms with Gasteiger partial charge in [0.1, 0.15) is 19.3 Å². The van der Waals surface area contributed by atoms with E-state index in [1.54, 1.807) is 0 Å². The number of esters is 4. The number of carbonyl (C=O) groups excluding carboxylic acids is 4. The third-order valence-corrected chi connectivity index (χ3v) is 21.3. The Bertz CT molecular complexity index is 1930. The predicted molar refractivity (Wildman–Crippen MR) is 405 cm³/mol. The molecule has 7 atom stereocenters. The molecular weight excluding hydrogens is 1290 g/mol. The number of ether oxygens (including phenoxy) is 4. The van der Waals surface area contributed by atoms with Crippen LogP contribution in [-0.4, -0.2) is 96.7 Å².